The molecule has 1 saturated heterocycles. The summed E-state index contributed by atoms with van der Waals surface area (Å²) in [5.41, 5.74) is 2.72. The van der Waals surface area contributed by atoms with Gasteiger partial charge in [-0.2, -0.15) is 10.6 Å². The van der Waals surface area contributed by atoms with Crippen molar-refractivity contribution < 1.29 is 18.2 Å². The highest BCUT2D eigenvalue weighted by atomic mass is 35.5. The highest BCUT2D eigenvalue weighted by Crippen LogP contribution is 2.41. The van der Waals surface area contributed by atoms with Crippen LogP contribution in [-0.4, -0.2) is 55.1 Å². The quantitative estimate of drug-likeness (QED) is 0.170. The zero-order chi connectivity index (χ0) is 27.7. The molecule has 208 valence electrons. The maximum Gasteiger partial charge on any atom is 0.143 e. The Hall–Kier alpha value is -2.99. The monoisotopic (exact) mass is 598 g/mol. The average molecular weight is 599 g/mol. The van der Waals surface area contributed by atoms with Gasteiger partial charge in [0.05, 0.1) is 21.9 Å². The molecule has 40 heavy (non-hydrogen) atoms. The van der Waals surface area contributed by atoms with Crippen molar-refractivity contribution in [3.8, 4) is 5.75 Å². The molecule has 3 heterocycles. The van der Waals surface area contributed by atoms with Crippen molar-refractivity contribution in [3.05, 3.63) is 89.0 Å². The molecule has 6 rings (SSSR count). The van der Waals surface area contributed by atoms with Gasteiger partial charge in [0, 0.05) is 35.4 Å². The molecule has 1 fully saturated rings. The van der Waals surface area contributed by atoms with Crippen LogP contribution >= 0.6 is 33.5 Å². The van der Waals surface area contributed by atoms with Gasteiger partial charge in [0.2, 0.25) is 0 Å². The molecule has 5 aromatic rings. The standard InChI is InChI=1S/C29H28ClFN4O3S2/c30-24-16-22(5-7-25(24)38-17-20-2-1-3-21(31)14-20)34-28-27-23-6-4-19(15-26(23)39-29(27)33-18-32-28)8-9-35-10-12-40(36,37)13-11-35/h1-7,14-16,18,36-37H,8-13,17H2,(H,32,33,34). The molecule has 0 aliphatic carbocycles. The Kier molecular flexibility index (Phi) is 7.80. The maximum atomic E-state index is 13.4. The lowest BCUT2D eigenvalue weighted by atomic mass is 10.1. The van der Waals surface area contributed by atoms with E-state index in [4.69, 9.17) is 16.3 Å². The van der Waals surface area contributed by atoms with Gasteiger partial charge in [-0.3, -0.25) is 14.0 Å². The number of ether oxygens (including phenoxy) is 1. The van der Waals surface area contributed by atoms with Gasteiger partial charge >= 0.3 is 0 Å². The first-order chi connectivity index (χ1) is 19.3. The number of anilines is 2. The van der Waals surface area contributed by atoms with E-state index >= 15 is 0 Å². The summed E-state index contributed by atoms with van der Waals surface area (Å²) in [4.78, 5) is 12.2. The van der Waals surface area contributed by atoms with Crippen molar-refractivity contribution >= 4 is 65.3 Å². The van der Waals surface area contributed by atoms with Crippen molar-refractivity contribution in [3.63, 3.8) is 0 Å². The Morgan fingerprint density at radius 2 is 1.88 bits per heavy atom. The van der Waals surface area contributed by atoms with E-state index in [0.29, 0.717) is 28.1 Å². The summed E-state index contributed by atoms with van der Waals surface area (Å²) in [6, 6.07) is 18.2. The first-order valence-corrected chi connectivity index (χ1v) is 16.0. The summed E-state index contributed by atoms with van der Waals surface area (Å²) in [6.45, 7) is 2.55. The average Bonchev–Trinajstić information content (AvgIpc) is 3.31. The van der Waals surface area contributed by atoms with Crippen molar-refractivity contribution in [1.29, 1.82) is 0 Å². The van der Waals surface area contributed by atoms with Crippen LogP contribution in [0, 0.1) is 5.82 Å². The number of aromatic nitrogens is 2. The minimum absolute atomic E-state index is 0.213. The van der Waals surface area contributed by atoms with Crippen LogP contribution < -0.4 is 10.1 Å². The zero-order valence-electron chi connectivity index (χ0n) is 21.5. The van der Waals surface area contributed by atoms with Gasteiger partial charge in [-0.05, 0) is 53.9 Å². The number of benzene rings is 3. The lowest BCUT2D eigenvalue weighted by molar-refractivity contribution is 0.289. The predicted molar refractivity (Wildman–Crippen MR) is 163 cm³/mol. The molecular formula is C29H28ClFN4O3S2. The smallest absolute Gasteiger partial charge is 0.143 e. The van der Waals surface area contributed by atoms with Crippen LogP contribution in [-0.2, 0) is 13.0 Å². The van der Waals surface area contributed by atoms with Crippen molar-refractivity contribution in [2.45, 2.75) is 13.0 Å². The van der Waals surface area contributed by atoms with Crippen molar-refractivity contribution in [2.75, 3.05) is 36.5 Å². The molecule has 0 bridgehead atoms. The van der Waals surface area contributed by atoms with Gasteiger partial charge in [-0.25, -0.2) is 14.4 Å². The number of halogens is 2. The van der Waals surface area contributed by atoms with Crippen molar-refractivity contribution in [1.82, 2.24) is 14.9 Å². The summed E-state index contributed by atoms with van der Waals surface area (Å²) >= 11 is 8.14. The fraction of sp³-hybridized carbons (Fsp3) is 0.241. The molecule has 3 N–H and O–H groups in total. The molecule has 0 saturated carbocycles. The topological polar surface area (TPSA) is 90.7 Å². The molecule has 11 heteroatoms. The van der Waals surface area contributed by atoms with Gasteiger partial charge in [0.15, 0.2) is 0 Å². The lowest BCUT2D eigenvalue weighted by Gasteiger charge is -2.41. The second kappa shape index (κ2) is 11.5. The van der Waals surface area contributed by atoms with Crippen LogP contribution in [0.1, 0.15) is 11.1 Å². The van der Waals surface area contributed by atoms with Gasteiger partial charge in [0.25, 0.3) is 0 Å². The molecule has 1 aliphatic heterocycles. The number of fused-ring (bicyclic) bond motifs is 3. The van der Waals surface area contributed by atoms with Crippen LogP contribution in [0.4, 0.5) is 15.9 Å². The number of nitrogens with zero attached hydrogens (tertiary/aromatic N) is 3. The van der Waals surface area contributed by atoms with Crippen molar-refractivity contribution in [2.24, 2.45) is 0 Å². The largest absolute Gasteiger partial charge is 0.487 e. The Labute approximate surface area is 241 Å². The number of thiophene rings is 1. The summed E-state index contributed by atoms with van der Waals surface area (Å²) in [5.74, 6) is 1.83. The molecule has 0 unspecified atom stereocenters. The first-order valence-electron chi connectivity index (χ1n) is 12.9. The van der Waals surface area contributed by atoms with Crippen LogP contribution in [0.3, 0.4) is 0 Å². The lowest BCUT2D eigenvalue weighted by Crippen LogP contribution is -2.39. The normalized spacial score (nSPS) is 16.3. The van der Waals surface area contributed by atoms with Crippen LogP contribution in [0.2, 0.25) is 5.02 Å². The van der Waals surface area contributed by atoms with Gasteiger partial charge in [-0.1, -0.05) is 35.9 Å². The predicted octanol–water partition coefficient (Wildman–Crippen LogP) is 7.57. The Morgan fingerprint density at radius 1 is 1.02 bits per heavy atom. The fourth-order valence-corrected chi connectivity index (χ4v) is 7.44. The Morgan fingerprint density at radius 3 is 2.67 bits per heavy atom. The maximum absolute atomic E-state index is 13.4. The molecule has 0 atom stereocenters. The number of nitrogens with one attached hydrogen (secondary N) is 1. The third-order valence-corrected chi connectivity index (χ3v) is 10.0. The number of hydrogen-bond acceptors (Lipinski definition) is 8. The van der Waals surface area contributed by atoms with Gasteiger partial charge < -0.3 is 10.1 Å². The third-order valence-electron chi connectivity index (χ3n) is 7.00. The Bertz CT molecular complexity index is 1670. The second-order valence-electron chi connectivity index (χ2n) is 9.83. The van der Waals surface area contributed by atoms with Crippen LogP contribution in [0.15, 0.2) is 67.0 Å². The van der Waals surface area contributed by atoms with E-state index in [1.807, 2.05) is 6.07 Å². The second-order valence-corrected chi connectivity index (χ2v) is 13.7. The molecule has 0 spiro atoms. The molecular weight excluding hydrogens is 571 g/mol. The van der Waals surface area contributed by atoms with E-state index in [1.54, 1.807) is 41.9 Å². The number of rotatable bonds is 8. The minimum Gasteiger partial charge on any atom is -0.487 e. The van der Waals surface area contributed by atoms with Gasteiger partial charge in [-0.15, -0.1) is 11.3 Å². The molecule has 2 aromatic heterocycles. The summed E-state index contributed by atoms with van der Waals surface area (Å²) < 4.78 is 40.1. The van der Waals surface area contributed by atoms with E-state index in [9.17, 15) is 13.5 Å². The van der Waals surface area contributed by atoms with Crippen LogP contribution in [0.25, 0.3) is 20.3 Å². The first kappa shape index (κ1) is 27.2. The third kappa shape index (κ3) is 6.17. The summed E-state index contributed by atoms with van der Waals surface area (Å²) in [7, 11) is -2.37. The summed E-state index contributed by atoms with van der Waals surface area (Å²) in [6.07, 6.45) is 2.45. The molecule has 7 nitrogen and oxygen atoms in total. The van der Waals surface area contributed by atoms with E-state index in [-0.39, 0.29) is 12.4 Å². The molecule has 1 aliphatic rings. The summed E-state index contributed by atoms with van der Waals surface area (Å²) in [5, 5.41) is 5.86. The minimum atomic E-state index is -2.37. The van der Waals surface area contributed by atoms with E-state index in [0.717, 1.165) is 57.6 Å². The van der Waals surface area contributed by atoms with Crippen LogP contribution in [0.5, 0.6) is 5.75 Å². The zero-order valence-corrected chi connectivity index (χ0v) is 23.9. The fourth-order valence-electron chi connectivity index (χ4n) is 4.80. The van der Waals surface area contributed by atoms with E-state index in [2.05, 4.69) is 38.4 Å². The molecule has 3 aromatic carbocycles. The van der Waals surface area contributed by atoms with Gasteiger partial charge in [0.1, 0.15) is 35.1 Å². The highest BCUT2D eigenvalue weighted by Gasteiger charge is 2.22. The Balaban J connectivity index is 1.17. The van der Waals surface area contributed by atoms with E-state index in [1.165, 1.54) is 17.7 Å². The molecule has 0 radical (unpaired) electrons. The highest BCUT2D eigenvalue weighted by molar-refractivity contribution is 8.24. The molecule has 0 amide bonds. The SMILES string of the molecule is OS1(O)CCN(CCc2ccc3c(c2)sc2ncnc(Nc4ccc(OCc5cccc(F)c5)c(Cl)c4)c23)CC1. The number of hydrogen-bond donors (Lipinski definition) is 3. The van der Waals surface area contributed by atoms with E-state index < -0.39 is 10.6 Å².